The van der Waals surface area contributed by atoms with E-state index >= 15 is 0 Å². The van der Waals surface area contributed by atoms with Gasteiger partial charge in [0.05, 0.1) is 6.10 Å². The Balaban J connectivity index is 3.57. The molecule has 31 heavy (non-hydrogen) atoms. The molecular weight excluding hydrogens is 378 g/mol. The van der Waals surface area contributed by atoms with Crippen molar-refractivity contribution >= 4 is 0 Å². The van der Waals surface area contributed by atoms with Gasteiger partial charge in [-0.2, -0.15) is 0 Å². The molecule has 0 aromatic carbocycles. The molecule has 0 aliphatic heterocycles. The third-order valence-corrected chi connectivity index (χ3v) is 6.73. The van der Waals surface area contributed by atoms with Crippen LogP contribution in [-0.4, -0.2) is 35.7 Å². The molecule has 1 unspecified atom stereocenters. The van der Waals surface area contributed by atoms with Crippen LogP contribution in [0.25, 0.3) is 0 Å². The number of hydrogen-bond donors (Lipinski definition) is 1. The Morgan fingerprint density at radius 3 is 1.26 bits per heavy atom. The SMILES string of the molecule is CCCCCCCCCCCCC(O)CN(CCC)CCCCCCCCCCCC. The molecule has 0 aliphatic rings. The van der Waals surface area contributed by atoms with Crippen molar-refractivity contribution in [1.82, 2.24) is 4.90 Å². The van der Waals surface area contributed by atoms with Crippen LogP contribution < -0.4 is 0 Å². The minimum atomic E-state index is -0.122. The maximum Gasteiger partial charge on any atom is 0.0667 e. The summed E-state index contributed by atoms with van der Waals surface area (Å²) in [6, 6.07) is 0. The average molecular weight is 440 g/mol. The van der Waals surface area contributed by atoms with E-state index in [0.29, 0.717) is 0 Å². The topological polar surface area (TPSA) is 23.5 Å². The van der Waals surface area contributed by atoms with Gasteiger partial charge in [0.1, 0.15) is 0 Å². The molecule has 0 saturated carbocycles. The van der Waals surface area contributed by atoms with Gasteiger partial charge in [-0.15, -0.1) is 0 Å². The lowest BCUT2D eigenvalue weighted by atomic mass is 10.0. The molecule has 0 amide bonds. The normalized spacial score (nSPS) is 12.7. The van der Waals surface area contributed by atoms with E-state index in [1.807, 2.05) is 0 Å². The zero-order valence-corrected chi connectivity index (χ0v) is 22.1. The Morgan fingerprint density at radius 2 is 0.839 bits per heavy atom. The van der Waals surface area contributed by atoms with Crippen LogP contribution in [0, 0.1) is 0 Å². The third kappa shape index (κ3) is 24.4. The minimum absolute atomic E-state index is 0.122. The molecule has 0 rings (SSSR count). The van der Waals surface area contributed by atoms with Gasteiger partial charge in [-0.25, -0.2) is 0 Å². The highest BCUT2D eigenvalue weighted by molar-refractivity contribution is 4.65. The fourth-order valence-corrected chi connectivity index (χ4v) is 4.69. The molecule has 0 aliphatic carbocycles. The molecule has 0 fully saturated rings. The molecule has 0 bridgehead atoms. The molecular formula is C29H61NO. The maximum absolute atomic E-state index is 10.5. The Bertz CT molecular complexity index is 320. The largest absolute Gasteiger partial charge is 0.392 e. The first-order valence-electron chi connectivity index (χ1n) is 14.6. The second-order valence-electron chi connectivity index (χ2n) is 10.1. The molecule has 0 radical (unpaired) electrons. The van der Waals surface area contributed by atoms with Crippen molar-refractivity contribution in [3.8, 4) is 0 Å². The minimum Gasteiger partial charge on any atom is -0.392 e. The second-order valence-corrected chi connectivity index (χ2v) is 10.1. The summed E-state index contributed by atoms with van der Waals surface area (Å²) < 4.78 is 0. The van der Waals surface area contributed by atoms with Gasteiger partial charge in [-0.3, -0.25) is 0 Å². The predicted molar refractivity (Wildman–Crippen MR) is 141 cm³/mol. The van der Waals surface area contributed by atoms with Crippen LogP contribution in [0.3, 0.4) is 0 Å². The summed E-state index contributed by atoms with van der Waals surface area (Å²) in [5, 5.41) is 10.5. The first-order valence-corrected chi connectivity index (χ1v) is 14.6. The second kappa shape index (κ2) is 26.2. The van der Waals surface area contributed by atoms with Gasteiger partial charge in [0.2, 0.25) is 0 Å². The van der Waals surface area contributed by atoms with Crippen molar-refractivity contribution in [2.45, 2.75) is 168 Å². The van der Waals surface area contributed by atoms with Gasteiger partial charge in [0, 0.05) is 6.54 Å². The molecule has 2 heteroatoms. The summed E-state index contributed by atoms with van der Waals surface area (Å²) in [4.78, 5) is 2.52. The van der Waals surface area contributed by atoms with Crippen LogP contribution in [0.5, 0.6) is 0 Å². The van der Waals surface area contributed by atoms with E-state index in [9.17, 15) is 5.11 Å². The first kappa shape index (κ1) is 30.9. The van der Waals surface area contributed by atoms with Gasteiger partial charge >= 0.3 is 0 Å². The number of hydrogen-bond acceptors (Lipinski definition) is 2. The van der Waals surface area contributed by atoms with E-state index in [1.165, 1.54) is 141 Å². The molecule has 0 aromatic rings. The molecule has 0 aromatic heterocycles. The number of nitrogens with zero attached hydrogens (tertiary/aromatic N) is 1. The maximum atomic E-state index is 10.5. The van der Waals surface area contributed by atoms with Gasteiger partial charge in [-0.05, 0) is 32.4 Å². The Morgan fingerprint density at radius 1 is 0.452 bits per heavy atom. The van der Waals surface area contributed by atoms with Crippen molar-refractivity contribution < 1.29 is 5.11 Å². The number of unbranched alkanes of at least 4 members (excludes halogenated alkanes) is 18. The van der Waals surface area contributed by atoms with Gasteiger partial charge < -0.3 is 10.0 Å². The summed E-state index contributed by atoms with van der Waals surface area (Å²) in [5.74, 6) is 0. The lowest BCUT2D eigenvalue weighted by molar-refractivity contribution is 0.101. The summed E-state index contributed by atoms with van der Waals surface area (Å²) in [6.45, 7) is 10.1. The molecule has 2 nitrogen and oxygen atoms in total. The van der Waals surface area contributed by atoms with E-state index in [2.05, 4.69) is 25.7 Å². The zero-order chi connectivity index (χ0) is 22.8. The fourth-order valence-electron chi connectivity index (χ4n) is 4.69. The van der Waals surface area contributed by atoms with Crippen LogP contribution >= 0.6 is 0 Å². The van der Waals surface area contributed by atoms with E-state index in [0.717, 1.165) is 19.5 Å². The van der Waals surface area contributed by atoms with Crippen LogP contribution in [0.2, 0.25) is 0 Å². The summed E-state index contributed by atoms with van der Waals surface area (Å²) >= 11 is 0. The van der Waals surface area contributed by atoms with Crippen molar-refractivity contribution in [2.75, 3.05) is 19.6 Å². The molecule has 0 heterocycles. The van der Waals surface area contributed by atoms with Gasteiger partial charge in [0.15, 0.2) is 0 Å². The molecule has 0 saturated heterocycles. The van der Waals surface area contributed by atoms with Crippen molar-refractivity contribution in [3.05, 3.63) is 0 Å². The molecule has 188 valence electrons. The van der Waals surface area contributed by atoms with Crippen molar-refractivity contribution in [3.63, 3.8) is 0 Å². The Hall–Kier alpha value is -0.0800. The number of rotatable bonds is 26. The molecule has 0 spiro atoms. The highest BCUT2D eigenvalue weighted by Crippen LogP contribution is 2.14. The fraction of sp³-hybridized carbons (Fsp3) is 1.00. The highest BCUT2D eigenvalue weighted by atomic mass is 16.3. The van der Waals surface area contributed by atoms with Gasteiger partial charge in [-0.1, -0.05) is 143 Å². The van der Waals surface area contributed by atoms with Crippen LogP contribution in [0.1, 0.15) is 162 Å². The summed E-state index contributed by atoms with van der Waals surface area (Å²) in [6.07, 6.45) is 29.8. The number of aliphatic hydroxyl groups is 1. The molecule has 1 N–H and O–H groups in total. The lowest BCUT2D eigenvalue weighted by Crippen LogP contribution is -2.34. The first-order chi connectivity index (χ1) is 15.2. The van der Waals surface area contributed by atoms with Gasteiger partial charge in [0.25, 0.3) is 0 Å². The van der Waals surface area contributed by atoms with E-state index in [-0.39, 0.29) is 6.10 Å². The number of aliphatic hydroxyl groups excluding tert-OH is 1. The van der Waals surface area contributed by atoms with Crippen LogP contribution in [0.15, 0.2) is 0 Å². The highest BCUT2D eigenvalue weighted by Gasteiger charge is 2.10. The summed E-state index contributed by atoms with van der Waals surface area (Å²) in [7, 11) is 0. The average Bonchev–Trinajstić information content (AvgIpc) is 2.76. The predicted octanol–water partition coefficient (Wildman–Crippen LogP) is 9.29. The van der Waals surface area contributed by atoms with Crippen LogP contribution in [-0.2, 0) is 0 Å². The standard InChI is InChI=1S/C29H61NO/c1-4-7-9-11-13-15-17-19-21-23-25-29(31)28-30(26-6-3)27-24-22-20-18-16-14-12-10-8-5-2/h29,31H,4-28H2,1-3H3. The quantitative estimate of drug-likeness (QED) is 0.136. The van der Waals surface area contributed by atoms with Crippen molar-refractivity contribution in [1.29, 1.82) is 0 Å². The zero-order valence-electron chi connectivity index (χ0n) is 22.1. The third-order valence-electron chi connectivity index (χ3n) is 6.73. The van der Waals surface area contributed by atoms with Crippen molar-refractivity contribution in [2.24, 2.45) is 0 Å². The van der Waals surface area contributed by atoms with E-state index in [1.54, 1.807) is 0 Å². The lowest BCUT2D eigenvalue weighted by Gasteiger charge is -2.24. The molecule has 1 atom stereocenters. The van der Waals surface area contributed by atoms with E-state index in [4.69, 9.17) is 0 Å². The van der Waals surface area contributed by atoms with E-state index < -0.39 is 0 Å². The summed E-state index contributed by atoms with van der Waals surface area (Å²) in [5.41, 5.74) is 0. The Labute approximate surface area is 198 Å². The Kier molecular flexibility index (Phi) is 26.1. The smallest absolute Gasteiger partial charge is 0.0667 e. The van der Waals surface area contributed by atoms with Crippen LogP contribution in [0.4, 0.5) is 0 Å². The monoisotopic (exact) mass is 439 g/mol.